The lowest BCUT2D eigenvalue weighted by atomic mass is 10.1. The Morgan fingerprint density at radius 2 is 1.81 bits per heavy atom. The molecular weight excluding hydrogens is 326 g/mol. The SMILES string of the molecule is O=C(OCCN1CCCCC1)c1cccc2cc(-c3ccccc3)oc12. The normalized spacial score (nSPS) is 15.2. The maximum absolute atomic E-state index is 12.5. The van der Waals surface area contributed by atoms with E-state index in [1.165, 1.54) is 19.3 Å². The zero-order valence-corrected chi connectivity index (χ0v) is 14.8. The van der Waals surface area contributed by atoms with Gasteiger partial charge in [-0.2, -0.15) is 0 Å². The Bertz CT molecular complexity index is 879. The van der Waals surface area contributed by atoms with Crippen LogP contribution in [0.1, 0.15) is 29.6 Å². The molecule has 0 unspecified atom stereocenters. The molecule has 4 heteroatoms. The summed E-state index contributed by atoms with van der Waals surface area (Å²) in [5.41, 5.74) is 2.07. The van der Waals surface area contributed by atoms with Crippen molar-refractivity contribution in [3.63, 3.8) is 0 Å². The Hall–Kier alpha value is -2.59. The van der Waals surface area contributed by atoms with Crippen LogP contribution in [0.5, 0.6) is 0 Å². The van der Waals surface area contributed by atoms with Gasteiger partial charge in [-0.3, -0.25) is 4.90 Å². The van der Waals surface area contributed by atoms with E-state index in [4.69, 9.17) is 9.15 Å². The number of hydrogen-bond acceptors (Lipinski definition) is 4. The highest BCUT2D eigenvalue weighted by atomic mass is 16.5. The third kappa shape index (κ3) is 3.65. The third-order valence-corrected chi connectivity index (χ3v) is 4.91. The minimum Gasteiger partial charge on any atom is -0.461 e. The first-order valence-corrected chi connectivity index (χ1v) is 9.29. The van der Waals surface area contributed by atoms with Gasteiger partial charge >= 0.3 is 5.97 Å². The summed E-state index contributed by atoms with van der Waals surface area (Å²) in [6.45, 7) is 3.42. The molecule has 134 valence electrons. The van der Waals surface area contributed by atoms with Crippen LogP contribution in [-0.2, 0) is 4.74 Å². The summed E-state index contributed by atoms with van der Waals surface area (Å²) in [5, 5.41) is 0.911. The van der Waals surface area contributed by atoms with Crippen LogP contribution in [0, 0.1) is 0 Å². The molecule has 1 saturated heterocycles. The maximum Gasteiger partial charge on any atom is 0.342 e. The molecule has 0 spiro atoms. The van der Waals surface area contributed by atoms with Crippen LogP contribution in [-0.4, -0.2) is 37.1 Å². The second-order valence-corrected chi connectivity index (χ2v) is 6.74. The second-order valence-electron chi connectivity index (χ2n) is 6.74. The first-order chi connectivity index (χ1) is 12.8. The molecule has 4 nitrogen and oxygen atoms in total. The van der Waals surface area contributed by atoms with Crippen LogP contribution in [0.25, 0.3) is 22.3 Å². The van der Waals surface area contributed by atoms with Crippen molar-refractivity contribution in [1.82, 2.24) is 4.90 Å². The highest BCUT2D eigenvalue weighted by molar-refractivity contribution is 6.03. The van der Waals surface area contributed by atoms with E-state index < -0.39 is 0 Å². The van der Waals surface area contributed by atoms with Crippen LogP contribution in [0.3, 0.4) is 0 Å². The molecular formula is C22H23NO3. The maximum atomic E-state index is 12.5. The fraction of sp³-hybridized carbons (Fsp3) is 0.318. The summed E-state index contributed by atoms with van der Waals surface area (Å²) < 4.78 is 11.5. The van der Waals surface area contributed by atoms with Crippen LogP contribution < -0.4 is 0 Å². The molecule has 0 aliphatic carbocycles. The minimum atomic E-state index is -0.318. The van der Waals surface area contributed by atoms with Gasteiger partial charge in [0.25, 0.3) is 0 Å². The molecule has 0 amide bonds. The third-order valence-electron chi connectivity index (χ3n) is 4.91. The molecule has 1 aromatic heterocycles. The number of ether oxygens (including phenoxy) is 1. The summed E-state index contributed by atoms with van der Waals surface area (Å²) in [5.74, 6) is 0.440. The van der Waals surface area contributed by atoms with Gasteiger partial charge < -0.3 is 9.15 Å². The van der Waals surface area contributed by atoms with Crippen LogP contribution in [0.2, 0.25) is 0 Å². The first-order valence-electron chi connectivity index (χ1n) is 9.29. The predicted octanol–water partition coefficient (Wildman–Crippen LogP) is 4.74. The predicted molar refractivity (Wildman–Crippen MR) is 102 cm³/mol. The van der Waals surface area contributed by atoms with Gasteiger partial charge in [0.1, 0.15) is 23.5 Å². The topological polar surface area (TPSA) is 42.7 Å². The first kappa shape index (κ1) is 16.9. The van der Waals surface area contributed by atoms with E-state index in [1.807, 2.05) is 48.5 Å². The molecule has 1 aliphatic rings. The summed E-state index contributed by atoms with van der Waals surface area (Å²) in [6.07, 6.45) is 3.78. The number of piperidine rings is 1. The number of likely N-dealkylation sites (tertiary alicyclic amines) is 1. The van der Waals surface area contributed by atoms with E-state index in [0.717, 1.165) is 36.3 Å². The zero-order valence-electron chi connectivity index (χ0n) is 14.8. The van der Waals surface area contributed by atoms with E-state index in [-0.39, 0.29) is 5.97 Å². The molecule has 0 radical (unpaired) electrons. The fourth-order valence-electron chi connectivity index (χ4n) is 3.50. The molecule has 4 rings (SSSR count). The quantitative estimate of drug-likeness (QED) is 0.624. The Balaban J connectivity index is 1.48. The lowest BCUT2D eigenvalue weighted by molar-refractivity contribution is 0.0453. The van der Waals surface area contributed by atoms with Crippen molar-refractivity contribution in [2.75, 3.05) is 26.2 Å². The summed E-state index contributed by atoms with van der Waals surface area (Å²) in [4.78, 5) is 14.9. The molecule has 3 aromatic rings. The summed E-state index contributed by atoms with van der Waals surface area (Å²) in [6, 6.07) is 17.5. The fourth-order valence-corrected chi connectivity index (χ4v) is 3.50. The van der Waals surface area contributed by atoms with Crippen molar-refractivity contribution in [2.45, 2.75) is 19.3 Å². The van der Waals surface area contributed by atoms with Gasteiger partial charge in [0, 0.05) is 17.5 Å². The smallest absolute Gasteiger partial charge is 0.342 e. The number of carbonyl (C=O) groups excluding carboxylic acids is 1. The van der Waals surface area contributed by atoms with E-state index >= 15 is 0 Å². The van der Waals surface area contributed by atoms with Crippen molar-refractivity contribution < 1.29 is 13.9 Å². The highest BCUT2D eigenvalue weighted by Gasteiger charge is 2.17. The van der Waals surface area contributed by atoms with Crippen LogP contribution >= 0.6 is 0 Å². The highest BCUT2D eigenvalue weighted by Crippen LogP contribution is 2.30. The molecule has 0 atom stereocenters. The number of para-hydroxylation sites is 1. The number of rotatable bonds is 5. The number of carbonyl (C=O) groups is 1. The average molecular weight is 349 g/mol. The van der Waals surface area contributed by atoms with Gasteiger partial charge in [0.05, 0.1) is 0 Å². The van der Waals surface area contributed by atoms with E-state index in [9.17, 15) is 4.79 Å². The van der Waals surface area contributed by atoms with Gasteiger partial charge in [-0.15, -0.1) is 0 Å². The molecule has 0 N–H and O–H groups in total. The number of furan rings is 1. The number of hydrogen-bond donors (Lipinski definition) is 0. The van der Waals surface area contributed by atoms with Crippen molar-refractivity contribution >= 4 is 16.9 Å². The van der Waals surface area contributed by atoms with Gasteiger partial charge in [-0.05, 0) is 38.1 Å². The minimum absolute atomic E-state index is 0.318. The van der Waals surface area contributed by atoms with Crippen molar-refractivity contribution in [1.29, 1.82) is 0 Å². The number of esters is 1. The number of nitrogens with zero attached hydrogens (tertiary/aromatic N) is 1. The Kier molecular flexibility index (Phi) is 5.02. The van der Waals surface area contributed by atoms with Gasteiger partial charge in [-0.1, -0.05) is 48.9 Å². The molecule has 2 heterocycles. The van der Waals surface area contributed by atoms with E-state index in [2.05, 4.69) is 4.90 Å². The van der Waals surface area contributed by atoms with Crippen molar-refractivity contribution in [2.24, 2.45) is 0 Å². The molecule has 1 aliphatic heterocycles. The Labute approximate surface area is 153 Å². The lowest BCUT2D eigenvalue weighted by Gasteiger charge is -2.25. The standard InChI is InChI=1S/C22H23NO3/c24-22(25-15-14-23-12-5-2-6-13-23)19-11-7-10-18-16-20(26-21(18)19)17-8-3-1-4-9-17/h1,3-4,7-11,16H,2,5-6,12-15H2. The largest absolute Gasteiger partial charge is 0.461 e. The van der Waals surface area contributed by atoms with Crippen molar-refractivity contribution in [3.05, 3.63) is 60.2 Å². The monoisotopic (exact) mass is 349 g/mol. The van der Waals surface area contributed by atoms with Crippen LogP contribution in [0.15, 0.2) is 59.0 Å². The Morgan fingerprint density at radius 1 is 1.00 bits per heavy atom. The van der Waals surface area contributed by atoms with Gasteiger partial charge in [0.2, 0.25) is 0 Å². The zero-order chi connectivity index (χ0) is 17.8. The van der Waals surface area contributed by atoms with E-state index in [0.29, 0.717) is 17.8 Å². The summed E-state index contributed by atoms with van der Waals surface area (Å²) in [7, 11) is 0. The van der Waals surface area contributed by atoms with Gasteiger partial charge in [0.15, 0.2) is 0 Å². The second kappa shape index (κ2) is 7.75. The molecule has 2 aromatic carbocycles. The molecule has 1 fully saturated rings. The van der Waals surface area contributed by atoms with Crippen LogP contribution in [0.4, 0.5) is 0 Å². The molecule has 26 heavy (non-hydrogen) atoms. The number of benzene rings is 2. The van der Waals surface area contributed by atoms with Crippen molar-refractivity contribution in [3.8, 4) is 11.3 Å². The average Bonchev–Trinajstić information content (AvgIpc) is 3.14. The Morgan fingerprint density at radius 3 is 2.62 bits per heavy atom. The number of fused-ring (bicyclic) bond motifs is 1. The summed E-state index contributed by atoms with van der Waals surface area (Å²) >= 11 is 0. The van der Waals surface area contributed by atoms with Gasteiger partial charge in [-0.25, -0.2) is 4.79 Å². The van der Waals surface area contributed by atoms with E-state index in [1.54, 1.807) is 6.07 Å². The lowest BCUT2D eigenvalue weighted by Crippen LogP contribution is -2.33. The molecule has 0 bridgehead atoms. The molecule has 0 saturated carbocycles.